The number of ether oxygens (including phenoxy) is 4. The lowest BCUT2D eigenvalue weighted by molar-refractivity contribution is -0.697. The third-order valence-corrected chi connectivity index (χ3v) is 6.65. The Balaban J connectivity index is 1.91. The van der Waals surface area contributed by atoms with Crippen LogP contribution < -0.4 is 4.57 Å². The summed E-state index contributed by atoms with van der Waals surface area (Å²) in [6.45, 7) is 3.39. The van der Waals surface area contributed by atoms with Crippen LogP contribution in [0.15, 0.2) is 54.6 Å². The molecule has 7 atom stereocenters. The van der Waals surface area contributed by atoms with Gasteiger partial charge in [-0.05, 0) is 18.1 Å². The quantitative estimate of drug-likeness (QED) is 0.0999. The Morgan fingerprint density at radius 1 is 1.10 bits per heavy atom. The zero-order chi connectivity index (χ0) is 30.3. The van der Waals surface area contributed by atoms with Crippen molar-refractivity contribution in [3.8, 4) is 0 Å². The molecule has 0 bridgehead atoms. The van der Waals surface area contributed by atoms with Gasteiger partial charge in [-0.15, -0.1) is 6.58 Å². The van der Waals surface area contributed by atoms with Gasteiger partial charge in [-0.25, -0.2) is 14.2 Å². The molecule has 1 fully saturated rings. The molecule has 0 saturated carbocycles. The number of hydrogen-bond acceptors (Lipinski definition) is 11. The first-order valence-corrected chi connectivity index (χ1v) is 12.7. The second-order valence-electron chi connectivity index (χ2n) is 9.46. The third kappa shape index (κ3) is 7.75. The van der Waals surface area contributed by atoms with Crippen LogP contribution in [0, 0.1) is 5.92 Å². The zero-order valence-electron chi connectivity index (χ0n) is 22.2. The Kier molecular flexibility index (Phi) is 11.1. The summed E-state index contributed by atoms with van der Waals surface area (Å²) in [6, 6.07) is 1.44. The normalized spacial score (nSPS) is 28.9. The fraction of sp³-hybridized carbons (Fsp3) is 0.481. The Morgan fingerprint density at radius 3 is 2.44 bits per heavy atom. The van der Waals surface area contributed by atoms with E-state index in [9.17, 15) is 39.9 Å². The number of allylic oxidation sites excluding steroid dienone is 1. The van der Waals surface area contributed by atoms with Gasteiger partial charge in [0.2, 0.25) is 6.29 Å². The minimum absolute atomic E-state index is 0.0176. The van der Waals surface area contributed by atoms with Crippen LogP contribution in [-0.2, 0) is 41.5 Å². The summed E-state index contributed by atoms with van der Waals surface area (Å²) in [6.07, 6.45) is -1.44. The number of pyridine rings is 1. The molecule has 3 heterocycles. The maximum absolute atomic E-state index is 12.6. The van der Waals surface area contributed by atoms with Gasteiger partial charge in [-0.2, -0.15) is 0 Å². The predicted octanol–water partition coefficient (Wildman–Crippen LogP) is -0.962. The van der Waals surface area contributed by atoms with E-state index in [0.717, 1.165) is 6.26 Å². The van der Waals surface area contributed by atoms with Crippen molar-refractivity contribution >= 4 is 17.9 Å². The third-order valence-electron chi connectivity index (χ3n) is 6.65. The SMILES string of the molecule is C=C[C@@H]1/C(=C\Cc2cc(C(=O)O)c[n+](CCCC(=O)O)c2)C(C(=O)OC)=CO[C@H]1O[C@@H]1O[C@H](CO)[C@@H](O)[C@H](O)[C@H]1O. The molecule has 1 aromatic rings. The average molecular weight is 581 g/mol. The number of carbonyl (C=O) groups excluding carboxylic acids is 1. The Hall–Kier alpha value is -3.66. The number of rotatable bonds is 12. The van der Waals surface area contributed by atoms with E-state index in [-0.39, 0.29) is 36.9 Å². The van der Waals surface area contributed by atoms with Crippen molar-refractivity contribution in [3.63, 3.8) is 0 Å². The van der Waals surface area contributed by atoms with E-state index in [1.165, 1.54) is 25.4 Å². The first-order valence-electron chi connectivity index (χ1n) is 12.7. The van der Waals surface area contributed by atoms with Crippen LogP contribution in [0.25, 0.3) is 0 Å². The standard InChI is InChI=1S/C27H33NO13/c1-3-16-17(7-6-14-9-15(24(35)36)11-28(10-14)8-4-5-20(30)31)18(25(37)38-2)13-39-26(16)41-27-23(34)22(33)21(32)19(12-29)40-27/h3,7,9-11,13,16,19,21-23,26-27,29,32-34H,1,4-6,8,12H2,2H3,(H-,30,31,35,36)/p+1/b17-7+/t16-,19-,21-,22+,23-,26+,27+/m1/s1. The topological polar surface area (TPSA) is 213 Å². The molecule has 0 radical (unpaired) electrons. The largest absolute Gasteiger partial charge is 0.481 e. The van der Waals surface area contributed by atoms with E-state index in [1.807, 2.05) is 0 Å². The minimum atomic E-state index is -1.70. The monoisotopic (exact) mass is 580 g/mol. The Morgan fingerprint density at radius 2 is 1.83 bits per heavy atom. The average Bonchev–Trinajstić information content (AvgIpc) is 2.95. The molecular formula is C27H34NO13+. The van der Waals surface area contributed by atoms with Crippen molar-refractivity contribution < 1.29 is 68.5 Å². The van der Waals surface area contributed by atoms with E-state index in [0.29, 0.717) is 11.1 Å². The van der Waals surface area contributed by atoms with Crippen molar-refractivity contribution in [1.82, 2.24) is 0 Å². The van der Waals surface area contributed by atoms with E-state index in [1.54, 1.807) is 16.8 Å². The molecule has 2 aliphatic heterocycles. The number of carboxylic acid groups (broad SMARTS) is 2. The van der Waals surface area contributed by atoms with Crippen molar-refractivity contribution in [3.05, 3.63) is 65.7 Å². The number of aryl methyl sites for hydroxylation is 1. The highest BCUT2D eigenvalue weighted by Gasteiger charge is 2.46. The van der Waals surface area contributed by atoms with E-state index < -0.39 is 67.4 Å². The van der Waals surface area contributed by atoms with Gasteiger partial charge in [0, 0.05) is 12.0 Å². The molecule has 0 aliphatic carbocycles. The lowest BCUT2D eigenvalue weighted by atomic mass is 9.88. The summed E-state index contributed by atoms with van der Waals surface area (Å²) in [5.74, 6) is -3.74. The van der Waals surface area contributed by atoms with Crippen molar-refractivity contribution in [1.29, 1.82) is 0 Å². The highest BCUT2D eigenvalue weighted by molar-refractivity contribution is 5.93. The second kappa shape index (κ2) is 14.3. The Labute approximate surface area is 235 Å². The van der Waals surface area contributed by atoms with Gasteiger partial charge in [0.25, 0.3) is 0 Å². The number of aromatic carboxylic acids is 1. The van der Waals surface area contributed by atoms with Gasteiger partial charge in [-0.3, -0.25) is 4.79 Å². The van der Waals surface area contributed by atoms with E-state index in [2.05, 4.69) is 6.58 Å². The number of aliphatic carboxylic acids is 1. The van der Waals surface area contributed by atoms with Gasteiger partial charge in [0.15, 0.2) is 18.7 Å². The van der Waals surface area contributed by atoms with Crippen LogP contribution in [-0.4, -0.2) is 99.3 Å². The number of methoxy groups -OCH3 is 1. The molecule has 0 aromatic carbocycles. The van der Waals surface area contributed by atoms with Crippen LogP contribution in [0.4, 0.5) is 0 Å². The number of nitrogens with zero attached hydrogens (tertiary/aromatic N) is 1. The summed E-state index contributed by atoms with van der Waals surface area (Å²) < 4.78 is 23.2. The lowest BCUT2D eigenvalue weighted by Crippen LogP contribution is -2.60. The van der Waals surface area contributed by atoms with Crippen LogP contribution >= 0.6 is 0 Å². The molecule has 224 valence electrons. The molecule has 3 rings (SSSR count). The number of esters is 1. The smallest absolute Gasteiger partial charge is 0.341 e. The summed E-state index contributed by atoms with van der Waals surface area (Å²) in [5.41, 5.74) is 0.884. The Bertz CT molecular complexity index is 1190. The van der Waals surface area contributed by atoms with E-state index in [4.69, 9.17) is 24.1 Å². The first kappa shape index (κ1) is 31.9. The van der Waals surface area contributed by atoms with Gasteiger partial charge in [0.1, 0.15) is 42.8 Å². The van der Waals surface area contributed by atoms with Crippen LogP contribution in [0.2, 0.25) is 0 Å². The van der Waals surface area contributed by atoms with Crippen LogP contribution in [0.5, 0.6) is 0 Å². The predicted molar refractivity (Wildman–Crippen MR) is 136 cm³/mol. The molecule has 2 aliphatic rings. The number of carboxylic acids is 2. The van der Waals surface area contributed by atoms with Crippen LogP contribution in [0.3, 0.4) is 0 Å². The van der Waals surface area contributed by atoms with Crippen molar-refractivity contribution in [2.75, 3.05) is 13.7 Å². The maximum atomic E-state index is 12.6. The number of aliphatic hydroxyl groups is 4. The summed E-state index contributed by atoms with van der Waals surface area (Å²) in [5, 5.41) is 58.4. The van der Waals surface area contributed by atoms with Crippen molar-refractivity contribution in [2.24, 2.45) is 5.92 Å². The zero-order valence-corrected chi connectivity index (χ0v) is 22.2. The summed E-state index contributed by atoms with van der Waals surface area (Å²) in [7, 11) is 1.18. The van der Waals surface area contributed by atoms with Crippen molar-refractivity contribution in [2.45, 2.75) is 62.8 Å². The molecule has 14 heteroatoms. The maximum Gasteiger partial charge on any atom is 0.341 e. The van der Waals surface area contributed by atoms with Gasteiger partial charge >= 0.3 is 17.9 Å². The molecular weight excluding hydrogens is 546 g/mol. The molecule has 6 N–H and O–H groups in total. The minimum Gasteiger partial charge on any atom is -0.481 e. The van der Waals surface area contributed by atoms with E-state index >= 15 is 0 Å². The highest BCUT2D eigenvalue weighted by atomic mass is 16.8. The number of carbonyl (C=O) groups is 3. The van der Waals surface area contributed by atoms with Gasteiger partial charge in [0.05, 0.1) is 31.6 Å². The second-order valence-corrected chi connectivity index (χ2v) is 9.46. The molecule has 14 nitrogen and oxygen atoms in total. The van der Waals surface area contributed by atoms with Crippen LogP contribution in [0.1, 0.15) is 28.8 Å². The first-order chi connectivity index (χ1) is 19.5. The van der Waals surface area contributed by atoms with Gasteiger partial charge in [-0.1, -0.05) is 12.2 Å². The molecule has 1 saturated heterocycles. The number of aromatic nitrogens is 1. The highest BCUT2D eigenvalue weighted by Crippen LogP contribution is 2.35. The molecule has 0 unspecified atom stereocenters. The summed E-state index contributed by atoms with van der Waals surface area (Å²) >= 11 is 0. The molecule has 1 aromatic heterocycles. The number of hydrogen-bond donors (Lipinski definition) is 6. The fourth-order valence-electron chi connectivity index (χ4n) is 4.50. The molecule has 41 heavy (non-hydrogen) atoms. The molecule has 0 spiro atoms. The number of aliphatic hydroxyl groups excluding tert-OH is 4. The molecule has 0 amide bonds. The fourth-order valence-corrected chi connectivity index (χ4v) is 4.50. The van der Waals surface area contributed by atoms with Gasteiger partial charge < -0.3 is 49.6 Å². The lowest BCUT2D eigenvalue weighted by Gasteiger charge is -2.42. The summed E-state index contributed by atoms with van der Waals surface area (Å²) in [4.78, 5) is 35.1.